The summed E-state index contributed by atoms with van der Waals surface area (Å²) < 4.78 is 67.1. The number of sulfonamides is 1. The van der Waals surface area contributed by atoms with Crippen LogP contribution >= 0.6 is 0 Å². The van der Waals surface area contributed by atoms with E-state index in [2.05, 4.69) is 14.9 Å². The van der Waals surface area contributed by atoms with Crippen LogP contribution in [0.4, 0.5) is 4.39 Å². The molecule has 11 heteroatoms. The molecule has 0 atom stereocenters. The molecule has 1 heterocycles. The standard InChI is InChI=1S/C13H16FN3O5S2/c1-2-24(20,21)15-8-7-12-16-17-13(22-12)23(18,19)9-10-3-5-11(14)6-4-10/h3-6,15H,2,7-9H2,1H3. The Hall–Kier alpha value is -1.85. The third kappa shape index (κ3) is 5.08. The number of hydrogen-bond donors (Lipinski definition) is 1. The molecule has 1 N–H and O–H groups in total. The van der Waals surface area contributed by atoms with Crippen LogP contribution in [0.15, 0.2) is 33.9 Å². The second kappa shape index (κ2) is 7.36. The summed E-state index contributed by atoms with van der Waals surface area (Å²) in [6, 6.07) is 5.02. The van der Waals surface area contributed by atoms with Gasteiger partial charge in [0.05, 0.1) is 11.5 Å². The van der Waals surface area contributed by atoms with E-state index in [1.54, 1.807) is 0 Å². The van der Waals surface area contributed by atoms with Gasteiger partial charge in [-0.25, -0.2) is 25.9 Å². The number of aromatic nitrogens is 2. The molecular weight excluding hydrogens is 361 g/mol. The normalized spacial score (nSPS) is 12.4. The summed E-state index contributed by atoms with van der Waals surface area (Å²) in [6.07, 6.45) is 0.0678. The topological polar surface area (TPSA) is 119 Å². The quantitative estimate of drug-likeness (QED) is 0.718. The smallest absolute Gasteiger partial charge is 0.335 e. The van der Waals surface area contributed by atoms with Crippen molar-refractivity contribution < 1.29 is 25.6 Å². The van der Waals surface area contributed by atoms with Gasteiger partial charge in [0.25, 0.3) is 0 Å². The SMILES string of the molecule is CCS(=O)(=O)NCCc1nnc(S(=O)(=O)Cc2ccc(F)cc2)o1. The Bertz CT molecular complexity index is 892. The molecule has 132 valence electrons. The average molecular weight is 377 g/mol. The van der Waals surface area contributed by atoms with Crippen LogP contribution in [-0.4, -0.2) is 39.3 Å². The zero-order valence-electron chi connectivity index (χ0n) is 12.8. The second-order valence-electron chi connectivity index (χ2n) is 4.90. The van der Waals surface area contributed by atoms with Crippen molar-refractivity contribution >= 4 is 19.9 Å². The molecule has 0 aliphatic heterocycles. The van der Waals surface area contributed by atoms with Crippen LogP contribution in [0.3, 0.4) is 0 Å². The van der Waals surface area contributed by atoms with Gasteiger partial charge in [0.15, 0.2) is 0 Å². The maximum absolute atomic E-state index is 12.8. The fourth-order valence-electron chi connectivity index (χ4n) is 1.74. The van der Waals surface area contributed by atoms with E-state index in [0.717, 1.165) is 12.1 Å². The van der Waals surface area contributed by atoms with Crippen molar-refractivity contribution in [1.29, 1.82) is 0 Å². The molecule has 0 aliphatic carbocycles. The Morgan fingerprint density at radius 1 is 1.12 bits per heavy atom. The summed E-state index contributed by atoms with van der Waals surface area (Å²) in [4.78, 5) is 0. The van der Waals surface area contributed by atoms with Crippen molar-refractivity contribution in [2.75, 3.05) is 12.3 Å². The number of halogens is 1. The summed E-state index contributed by atoms with van der Waals surface area (Å²) in [5.74, 6) is -0.928. The first-order valence-corrected chi connectivity index (χ1v) is 10.3. The molecule has 0 aliphatic rings. The average Bonchev–Trinajstić information content (AvgIpc) is 2.99. The van der Waals surface area contributed by atoms with Crippen LogP contribution in [0.5, 0.6) is 0 Å². The van der Waals surface area contributed by atoms with Crippen LogP contribution in [0.1, 0.15) is 18.4 Å². The van der Waals surface area contributed by atoms with Crippen molar-refractivity contribution in [2.45, 2.75) is 24.3 Å². The highest BCUT2D eigenvalue weighted by Crippen LogP contribution is 2.16. The summed E-state index contributed by atoms with van der Waals surface area (Å²) in [7, 11) is -7.21. The van der Waals surface area contributed by atoms with Crippen LogP contribution in [0.2, 0.25) is 0 Å². The Morgan fingerprint density at radius 3 is 2.42 bits per heavy atom. The molecule has 0 saturated carbocycles. The Balaban J connectivity index is 2.02. The molecule has 0 amide bonds. The third-order valence-electron chi connectivity index (χ3n) is 3.03. The molecule has 2 rings (SSSR count). The lowest BCUT2D eigenvalue weighted by molar-refractivity contribution is 0.396. The lowest BCUT2D eigenvalue weighted by atomic mass is 10.2. The number of benzene rings is 1. The van der Waals surface area contributed by atoms with Crippen LogP contribution < -0.4 is 4.72 Å². The zero-order valence-corrected chi connectivity index (χ0v) is 14.4. The number of hydrogen-bond acceptors (Lipinski definition) is 7. The van der Waals surface area contributed by atoms with Gasteiger partial charge >= 0.3 is 5.22 Å². The van der Waals surface area contributed by atoms with Gasteiger partial charge < -0.3 is 4.42 Å². The Labute approximate surface area is 139 Å². The van der Waals surface area contributed by atoms with E-state index in [-0.39, 0.29) is 24.6 Å². The molecule has 0 spiro atoms. The molecule has 1 aromatic heterocycles. The monoisotopic (exact) mass is 377 g/mol. The van der Waals surface area contributed by atoms with Crippen LogP contribution in [0, 0.1) is 5.82 Å². The van der Waals surface area contributed by atoms with Crippen LogP contribution in [0.25, 0.3) is 0 Å². The van der Waals surface area contributed by atoms with Gasteiger partial charge in [0, 0.05) is 13.0 Å². The molecule has 8 nitrogen and oxygen atoms in total. The van der Waals surface area contributed by atoms with Gasteiger partial charge in [0.2, 0.25) is 25.8 Å². The van der Waals surface area contributed by atoms with E-state index >= 15 is 0 Å². The predicted molar refractivity (Wildman–Crippen MR) is 82.8 cm³/mol. The van der Waals surface area contributed by atoms with Crippen LogP contribution in [-0.2, 0) is 32.0 Å². The number of sulfone groups is 1. The van der Waals surface area contributed by atoms with Crippen molar-refractivity contribution in [2.24, 2.45) is 0 Å². The number of nitrogens with one attached hydrogen (secondary N) is 1. The maximum Gasteiger partial charge on any atom is 0.335 e. The Morgan fingerprint density at radius 2 is 1.79 bits per heavy atom. The first kappa shape index (κ1) is 18.5. The van der Waals surface area contributed by atoms with Crippen molar-refractivity contribution in [3.05, 3.63) is 41.5 Å². The summed E-state index contributed by atoms with van der Waals surface area (Å²) in [5, 5.41) is 6.52. The minimum atomic E-state index is -3.86. The molecular formula is C13H16FN3O5S2. The zero-order chi connectivity index (χ0) is 17.8. The van der Waals surface area contributed by atoms with E-state index < -0.39 is 36.7 Å². The molecule has 0 radical (unpaired) electrons. The number of rotatable bonds is 8. The first-order chi connectivity index (χ1) is 11.2. The van der Waals surface area contributed by atoms with Gasteiger partial charge in [-0.3, -0.25) is 0 Å². The minimum Gasteiger partial charge on any atom is -0.412 e. The summed E-state index contributed by atoms with van der Waals surface area (Å²) in [5.41, 5.74) is 0.381. The summed E-state index contributed by atoms with van der Waals surface area (Å²) in [6.45, 7) is 1.52. The van der Waals surface area contributed by atoms with E-state index in [4.69, 9.17) is 4.42 Å². The fraction of sp³-hybridized carbons (Fsp3) is 0.385. The van der Waals surface area contributed by atoms with Crippen molar-refractivity contribution in [1.82, 2.24) is 14.9 Å². The summed E-state index contributed by atoms with van der Waals surface area (Å²) >= 11 is 0. The molecule has 0 fully saturated rings. The highest BCUT2D eigenvalue weighted by Gasteiger charge is 2.23. The largest absolute Gasteiger partial charge is 0.412 e. The van der Waals surface area contributed by atoms with Crippen molar-refractivity contribution in [3.8, 4) is 0 Å². The lowest BCUT2D eigenvalue weighted by Gasteiger charge is -2.01. The lowest BCUT2D eigenvalue weighted by Crippen LogP contribution is -2.27. The Kier molecular flexibility index (Phi) is 5.67. The van der Waals surface area contributed by atoms with E-state index in [0.29, 0.717) is 5.56 Å². The van der Waals surface area contributed by atoms with E-state index in [9.17, 15) is 21.2 Å². The van der Waals surface area contributed by atoms with E-state index in [1.807, 2.05) is 0 Å². The highest BCUT2D eigenvalue weighted by molar-refractivity contribution is 7.90. The second-order valence-corrected chi connectivity index (χ2v) is 8.86. The molecule has 1 aromatic carbocycles. The predicted octanol–water partition coefficient (Wildman–Crippen LogP) is 0.664. The molecule has 24 heavy (non-hydrogen) atoms. The minimum absolute atomic E-state index is 0.00600. The maximum atomic E-state index is 12.8. The third-order valence-corrected chi connectivity index (χ3v) is 5.84. The highest BCUT2D eigenvalue weighted by atomic mass is 32.2. The van der Waals surface area contributed by atoms with Gasteiger partial charge in [-0.2, -0.15) is 0 Å². The molecule has 0 bridgehead atoms. The van der Waals surface area contributed by atoms with Gasteiger partial charge in [-0.05, 0) is 24.6 Å². The first-order valence-electron chi connectivity index (χ1n) is 6.99. The van der Waals surface area contributed by atoms with Gasteiger partial charge in [-0.15, -0.1) is 5.10 Å². The van der Waals surface area contributed by atoms with Crippen molar-refractivity contribution in [3.63, 3.8) is 0 Å². The van der Waals surface area contributed by atoms with Gasteiger partial charge in [0.1, 0.15) is 5.82 Å². The fourth-order valence-corrected chi connectivity index (χ4v) is 3.50. The number of nitrogens with zero attached hydrogens (tertiary/aromatic N) is 2. The molecule has 0 saturated heterocycles. The molecule has 2 aromatic rings. The van der Waals surface area contributed by atoms with Gasteiger partial charge in [-0.1, -0.05) is 17.2 Å². The molecule has 0 unspecified atom stereocenters. The van der Waals surface area contributed by atoms with E-state index in [1.165, 1.54) is 19.1 Å².